The molecule has 3 nitrogen and oxygen atoms in total. The van der Waals surface area contributed by atoms with E-state index in [0.717, 1.165) is 25.7 Å². The van der Waals surface area contributed by atoms with Crippen molar-refractivity contribution in [3.63, 3.8) is 0 Å². The van der Waals surface area contributed by atoms with E-state index in [9.17, 15) is 9.59 Å². The average molecular weight is 257 g/mol. The van der Waals surface area contributed by atoms with Crippen LogP contribution in [0.5, 0.6) is 0 Å². The third-order valence-electron chi connectivity index (χ3n) is 3.30. The van der Waals surface area contributed by atoms with Crippen molar-refractivity contribution in [3.05, 3.63) is 0 Å². The molecule has 0 fully saturated rings. The summed E-state index contributed by atoms with van der Waals surface area (Å²) in [7, 11) is 1.76. The Hall–Kier alpha value is -0.860. The zero-order valence-electron chi connectivity index (χ0n) is 13.3. The molecule has 0 aliphatic rings. The predicted molar refractivity (Wildman–Crippen MR) is 77.6 cm³/mol. The van der Waals surface area contributed by atoms with Crippen molar-refractivity contribution in [2.45, 2.75) is 79.2 Å². The summed E-state index contributed by atoms with van der Waals surface area (Å²) in [5, 5.41) is 0. The Morgan fingerprint density at radius 3 is 1.61 bits per heavy atom. The van der Waals surface area contributed by atoms with Crippen molar-refractivity contribution in [1.29, 1.82) is 0 Å². The maximum Gasteiger partial charge on any atom is 0.222 e. The van der Waals surface area contributed by atoms with E-state index in [2.05, 4.69) is 13.8 Å². The Morgan fingerprint density at radius 2 is 1.39 bits per heavy atom. The molecule has 0 aromatic heterocycles. The molecule has 0 saturated carbocycles. The van der Waals surface area contributed by atoms with Crippen LogP contribution in [0.15, 0.2) is 0 Å². The maximum atomic E-state index is 11.9. The van der Waals surface area contributed by atoms with Crippen LogP contribution in [0.2, 0.25) is 0 Å². The van der Waals surface area contributed by atoms with Crippen LogP contribution in [-0.2, 0) is 9.59 Å². The highest BCUT2D eigenvalue weighted by molar-refractivity contribution is 5.91. The van der Waals surface area contributed by atoms with Gasteiger partial charge in [-0.2, -0.15) is 0 Å². The molecule has 0 rings (SSSR count). The lowest BCUT2D eigenvalue weighted by molar-refractivity contribution is -0.144. The molecule has 1 amide bonds. The van der Waals surface area contributed by atoms with Gasteiger partial charge in [0, 0.05) is 13.5 Å². The summed E-state index contributed by atoms with van der Waals surface area (Å²) < 4.78 is 0. The Labute approximate surface area is 113 Å². The third kappa shape index (κ3) is 4.79. The van der Waals surface area contributed by atoms with Crippen LogP contribution in [0, 0.1) is 0 Å². The highest BCUT2D eigenvalue weighted by atomic mass is 16.2. The second kappa shape index (κ2) is 10.1. The molecule has 0 aromatic rings. The smallest absolute Gasteiger partial charge is 0.222 e. The van der Waals surface area contributed by atoms with E-state index in [-0.39, 0.29) is 11.7 Å². The fourth-order valence-corrected chi connectivity index (χ4v) is 2.35. The summed E-state index contributed by atoms with van der Waals surface area (Å²) in [6.45, 7) is 11.5. The number of carbonyl (C=O) groups is 2. The molecule has 0 aliphatic carbocycles. The van der Waals surface area contributed by atoms with Gasteiger partial charge in [0.1, 0.15) is 5.54 Å². The number of Topliss-reactive ketones (excluding diaryl/α,β-unsaturated/α-hetero) is 1. The highest BCUT2D eigenvalue weighted by Crippen LogP contribution is 2.28. The van der Waals surface area contributed by atoms with Crippen molar-refractivity contribution in [2.24, 2.45) is 0 Å². The van der Waals surface area contributed by atoms with Crippen LogP contribution in [0.25, 0.3) is 0 Å². The van der Waals surface area contributed by atoms with E-state index in [4.69, 9.17) is 0 Å². The minimum Gasteiger partial charge on any atom is -0.333 e. The monoisotopic (exact) mass is 257 g/mol. The Bertz CT molecular complexity index is 243. The van der Waals surface area contributed by atoms with Crippen LogP contribution < -0.4 is 0 Å². The number of rotatable bonds is 7. The van der Waals surface area contributed by atoms with Crippen LogP contribution in [0.3, 0.4) is 0 Å². The van der Waals surface area contributed by atoms with E-state index >= 15 is 0 Å². The fraction of sp³-hybridized carbons (Fsp3) is 0.867. The van der Waals surface area contributed by atoms with E-state index in [1.165, 1.54) is 0 Å². The molecule has 0 unspecified atom stereocenters. The Balaban J connectivity index is 0. The molecule has 0 N–H and O–H groups in total. The van der Waals surface area contributed by atoms with Gasteiger partial charge in [-0.25, -0.2) is 0 Å². The Morgan fingerprint density at radius 1 is 1.00 bits per heavy atom. The SMILES string of the molecule is CC.CCCC(CCC)(C(C)=O)N(C)C(=O)CC. The first-order chi connectivity index (χ1) is 8.46. The van der Waals surface area contributed by atoms with Crippen molar-refractivity contribution in [2.75, 3.05) is 7.05 Å². The maximum absolute atomic E-state index is 11.9. The van der Waals surface area contributed by atoms with Gasteiger partial charge in [0.25, 0.3) is 0 Å². The number of hydrogen-bond acceptors (Lipinski definition) is 2. The third-order valence-corrected chi connectivity index (χ3v) is 3.30. The minimum atomic E-state index is -0.573. The van der Waals surface area contributed by atoms with Crippen LogP contribution in [0.4, 0.5) is 0 Å². The van der Waals surface area contributed by atoms with Gasteiger partial charge < -0.3 is 4.90 Å². The molecular formula is C15H31NO2. The summed E-state index contributed by atoms with van der Waals surface area (Å²) in [5.74, 6) is 0.164. The molecular weight excluding hydrogens is 226 g/mol. The fourth-order valence-electron chi connectivity index (χ4n) is 2.35. The summed E-state index contributed by atoms with van der Waals surface area (Å²) in [5.41, 5.74) is -0.573. The number of ketones is 1. The van der Waals surface area contributed by atoms with E-state index in [0.29, 0.717) is 6.42 Å². The van der Waals surface area contributed by atoms with Crippen molar-refractivity contribution in [1.82, 2.24) is 4.90 Å². The number of amides is 1. The van der Waals surface area contributed by atoms with Gasteiger partial charge in [-0.1, -0.05) is 47.5 Å². The summed E-state index contributed by atoms with van der Waals surface area (Å²) in [4.78, 5) is 25.4. The molecule has 0 bridgehead atoms. The minimum absolute atomic E-state index is 0.0529. The van der Waals surface area contributed by atoms with Gasteiger partial charge in [0.2, 0.25) is 5.91 Å². The van der Waals surface area contributed by atoms with Gasteiger partial charge in [0.05, 0.1) is 0 Å². The van der Waals surface area contributed by atoms with E-state index in [1.807, 2.05) is 20.8 Å². The van der Waals surface area contributed by atoms with Crippen LogP contribution in [-0.4, -0.2) is 29.2 Å². The van der Waals surface area contributed by atoms with Crippen LogP contribution >= 0.6 is 0 Å². The van der Waals surface area contributed by atoms with Gasteiger partial charge in [-0.15, -0.1) is 0 Å². The first-order valence-corrected chi connectivity index (χ1v) is 7.23. The van der Waals surface area contributed by atoms with Gasteiger partial charge in [0.15, 0.2) is 5.78 Å². The standard InChI is InChI=1S/C13H25NO2.C2H6/c1-6-9-13(10-7-2,11(4)15)14(5)12(16)8-3;1-2/h6-10H2,1-5H3;1-2H3. The van der Waals surface area contributed by atoms with Crippen LogP contribution in [0.1, 0.15) is 73.6 Å². The number of carbonyl (C=O) groups excluding carboxylic acids is 2. The topological polar surface area (TPSA) is 37.4 Å². The largest absolute Gasteiger partial charge is 0.333 e. The number of hydrogen-bond donors (Lipinski definition) is 0. The highest BCUT2D eigenvalue weighted by Gasteiger charge is 2.39. The number of likely N-dealkylation sites (N-methyl/N-ethyl adjacent to an activating group) is 1. The first-order valence-electron chi connectivity index (χ1n) is 7.23. The Kier molecular flexibility index (Phi) is 10.9. The zero-order chi connectivity index (χ0) is 14.8. The number of nitrogens with zero attached hydrogens (tertiary/aromatic N) is 1. The van der Waals surface area contributed by atoms with E-state index < -0.39 is 5.54 Å². The van der Waals surface area contributed by atoms with Crippen molar-refractivity contribution in [3.8, 4) is 0 Å². The van der Waals surface area contributed by atoms with Crippen molar-refractivity contribution < 1.29 is 9.59 Å². The second-order valence-electron chi connectivity index (χ2n) is 4.39. The predicted octanol–water partition coefficient (Wildman–Crippen LogP) is 3.81. The lowest BCUT2D eigenvalue weighted by Crippen LogP contribution is -2.54. The molecule has 0 aromatic carbocycles. The van der Waals surface area contributed by atoms with E-state index in [1.54, 1.807) is 18.9 Å². The van der Waals surface area contributed by atoms with Gasteiger partial charge in [-0.3, -0.25) is 9.59 Å². The lowest BCUT2D eigenvalue weighted by atomic mass is 9.83. The quantitative estimate of drug-likeness (QED) is 0.695. The molecule has 0 radical (unpaired) electrons. The molecule has 0 spiro atoms. The summed E-state index contributed by atoms with van der Waals surface area (Å²) in [6.07, 6.45) is 3.82. The van der Waals surface area contributed by atoms with Gasteiger partial charge >= 0.3 is 0 Å². The average Bonchev–Trinajstić information content (AvgIpc) is 2.38. The summed E-state index contributed by atoms with van der Waals surface area (Å²) in [6, 6.07) is 0. The molecule has 0 saturated heterocycles. The van der Waals surface area contributed by atoms with Gasteiger partial charge in [-0.05, 0) is 19.8 Å². The molecule has 0 aliphatic heterocycles. The first kappa shape index (κ1) is 19.5. The summed E-state index contributed by atoms with van der Waals surface area (Å²) >= 11 is 0. The molecule has 0 atom stereocenters. The molecule has 3 heteroatoms. The second-order valence-corrected chi connectivity index (χ2v) is 4.39. The zero-order valence-corrected chi connectivity index (χ0v) is 13.3. The van der Waals surface area contributed by atoms with Crippen molar-refractivity contribution >= 4 is 11.7 Å². The molecule has 18 heavy (non-hydrogen) atoms. The normalized spacial score (nSPS) is 10.4. The molecule has 0 heterocycles. The lowest BCUT2D eigenvalue weighted by Gasteiger charge is -2.40. The molecule has 108 valence electrons.